The number of pyridine rings is 1. The summed E-state index contributed by atoms with van der Waals surface area (Å²) < 4.78 is 55.1. The Balaban J connectivity index is 1.25. The standard InChI is InChI=1S/C29H32F3N5O5S/c1-27(2,3)42-26(40)35-8-9-41-15(12-35)13-37-20(29(30,31)32)11-18(34-37)17-6-7-33-19-10-16(43-23(17)19)14-36-24(38)21-22(25(36)39)28(21,4)5/h6-7,10-11,15,21-22H,8-9,12-14H2,1-5H3. The molecule has 3 unspecified atom stereocenters. The van der Waals surface area contributed by atoms with Gasteiger partial charge in [-0.2, -0.15) is 18.3 Å². The molecule has 3 amide bonds. The minimum Gasteiger partial charge on any atom is -0.444 e. The van der Waals surface area contributed by atoms with Crippen molar-refractivity contribution < 1.29 is 37.0 Å². The lowest BCUT2D eigenvalue weighted by atomic mass is 10.1. The van der Waals surface area contributed by atoms with E-state index >= 15 is 0 Å². The fourth-order valence-corrected chi connectivity index (χ4v) is 7.14. The van der Waals surface area contributed by atoms with Gasteiger partial charge in [0.1, 0.15) is 11.3 Å². The molecular weight excluding hydrogens is 587 g/mol. The van der Waals surface area contributed by atoms with Crippen LogP contribution in [0, 0.1) is 17.3 Å². The maximum atomic E-state index is 14.2. The van der Waals surface area contributed by atoms with Gasteiger partial charge in [-0.3, -0.25) is 24.2 Å². The van der Waals surface area contributed by atoms with E-state index in [1.165, 1.54) is 27.3 Å². The smallest absolute Gasteiger partial charge is 0.433 e. The number of aromatic nitrogens is 3. The molecule has 0 bridgehead atoms. The molecule has 14 heteroatoms. The number of fused-ring (bicyclic) bond motifs is 2. The highest BCUT2D eigenvalue weighted by Crippen LogP contribution is 2.63. The van der Waals surface area contributed by atoms with Gasteiger partial charge in [-0.1, -0.05) is 13.8 Å². The number of imide groups is 1. The van der Waals surface area contributed by atoms with E-state index in [2.05, 4.69) is 10.1 Å². The van der Waals surface area contributed by atoms with Crippen LogP contribution in [0.25, 0.3) is 21.5 Å². The summed E-state index contributed by atoms with van der Waals surface area (Å²) in [5, 5.41) is 4.33. The Bertz CT molecular complexity index is 1600. The van der Waals surface area contributed by atoms with Crippen molar-refractivity contribution in [3.63, 3.8) is 0 Å². The van der Waals surface area contributed by atoms with Crippen LogP contribution >= 0.6 is 11.3 Å². The highest BCUT2D eigenvalue weighted by Gasteiger charge is 2.72. The third-order valence-corrected chi connectivity index (χ3v) is 9.32. The summed E-state index contributed by atoms with van der Waals surface area (Å²) in [4.78, 5) is 46.0. The van der Waals surface area contributed by atoms with E-state index in [0.29, 0.717) is 20.7 Å². The van der Waals surface area contributed by atoms with Gasteiger partial charge in [0.05, 0.1) is 60.1 Å². The Morgan fingerprint density at radius 2 is 1.86 bits per heavy atom. The largest absolute Gasteiger partial charge is 0.444 e. The zero-order valence-electron chi connectivity index (χ0n) is 24.4. The third-order valence-electron chi connectivity index (χ3n) is 8.18. The molecule has 2 saturated heterocycles. The number of nitrogens with zero attached hydrogens (tertiary/aromatic N) is 5. The molecule has 0 aromatic carbocycles. The van der Waals surface area contributed by atoms with E-state index < -0.39 is 29.7 Å². The lowest BCUT2D eigenvalue weighted by Crippen LogP contribution is -2.48. The number of hydrogen-bond donors (Lipinski definition) is 0. The first-order chi connectivity index (χ1) is 20.0. The van der Waals surface area contributed by atoms with Crippen LogP contribution in [0.1, 0.15) is 45.2 Å². The summed E-state index contributed by atoms with van der Waals surface area (Å²) in [5.41, 5.74) is -0.881. The Kier molecular flexibility index (Phi) is 6.88. The highest BCUT2D eigenvalue weighted by molar-refractivity contribution is 7.19. The van der Waals surface area contributed by atoms with Crippen LogP contribution in [0.4, 0.5) is 18.0 Å². The predicted octanol–water partition coefficient (Wildman–Crippen LogP) is 4.96. The normalized spacial score (nSPS) is 23.7. The molecule has 0 spiro atoms. The van der Waals surface area contributed by atoms with Crippen LogP contribution in [-0.4, -0.2) is 73.9 Å². The summed E-state index contributed by atoms with van der Waals surface area (Å²) in [6.07, 6.45) is -4.48. The lowest BCUT2D eigenvalue weighted by molar-refractivity contribution is -0.146. The topological polar surface area (TPSA) is 107 Å². The van der Waals surface area contributed by atoms with Gasteiger partial charge in [0.2, 0.25) is 11.8 Å². The van der Waals surface area contributed by atoms with Gasteiger partial charge in [-0.25, -0.2) is 4.79 Å². The average Bonchev–Trinajstić information content (AvgIpc) is 3.27. The minimum absolute atomic E-state index is 0.0576. The third kappa shape index (κ3) is 5.39. The van der Waals surface area contributed by atoms with Crippen LogP contribution in [-0.2, 0) is 38.3 Å². The van der Waals surface area contributed by atoms with E-state index in [1.54, 1.807) is 32.9 Å². The van der Waals surface area contributed by atoms with Crippen LogP contribution in [0.15, 0.2) is 24.4 Å². The van der Waals surface area contributed by atoms with Crippen molar-refractivity contribution in [3.8, 4) is 11.3 Å². The van der Waals surface area contributed by atoms with Crippen molar-refractivity contribution in [3.05, 3.63) is 35.0 Å². The quantitative estimate of drug-likeness (QED) is 0.372. The van der Waals surface area contributed by atoms with Gasteiger partial charge in [0.15, 0.2) is 0 Å². The molecule has 3 aromatic rings. The Morgan fingerprint density at radius 3 is 2.51 bits per heavy atom. The zero-order valence-corrected chi connectivity index (χ0v) is 25.2. The van der Waals surface area contributed by atoms with Crippen molar-refractivity contribution in [2.45, 2.75) is 65.6 Å². The molecule has 3 fully saturated rings. The molecule has 10 nitrogen and oxygen atoms in total. The summed E-state index contributed by atoms with van der Waals surface area (Å²) >= 11 is 1.27. The van der Waals surface area contributed by atoms with Gasteiger partial charge in [0, 0.05) is 23.2 Å². The number of morpholine rings is 1. The van der Waals surface area contributed by atoms with Crippen LogP contribution < -0.4 is 0 Å². The monoisotopic (exact) mass is 619 g/mol. The van der Waals surface area contributed by atoms with Crippen LogP contribution in [0.5, 0.6) is 0 Å². The first-order valence-electron chi connectivity index (χ1n) is 14.0. The second kappa shape index (κ2) is 10.0. The second-order valence-corrected chi connectivity index (χ2v) is 14.0. The van der Waals surface area contributed by atoms with Gasteiger partial charge in [-0.05, 0) is 44.4 Å². The Labute approximate surface area is 249 Å². The number of halogens is 3. The fraction of sp³-hybridized carbons (Fsp3) is 0.552. The number of piperidine rings is 1. The second-order valence-electron chi connectivity index (χ2n) is 12.8. The zero-order chi connectivity index (χ0) is 31.1. The molecule has 2 aliphatic heterocycles. The number of hydrogen-bond acceptors (Lipinski definition) is 8. The number of amides is 3. The Morgan fingerprint density at radius 1 is 1.16 bits per heavy atom. The molecule has 3 aliphatic rings. The van der Waals surface area contributed by atoms with Gasteiger partial charge in [-0.15, -0.1) is 11.3 Å². The van der Waals surface area contributed by atoms with Crippen molar-refractivity contribution in [2.24, 2.45) is 17.3 Å². The minimum atomic E-state index is -4.69. The molecule has 1 saturated carbocycles. The van der Waals surface area contributed by atoms with E-state index in [0.717, 1.165) is 10.7 Å². The van der Waals surface area contributed by atoms with Crippen molar-refractivity contribution in [1.29, 1.82) is 0 Å². The first kappa shape index (κ1) is 29.5. The predicted molar refractivity (Wildman–Crippen MR) is 150 cm³/mol. The maximum Gasteiger partial charge on any atom is 0.433 e. The van der Waals surface area contributed by atoms with Crippen molar-refractivity contribution >= 4 is 39.5 Å². The first-order valence-corrected chi connectivity index (χ1v) is 14.8. The molecule has 3 aromatic heterocycles. The maximum absolute atomic E-state index is 14.2. The highest BCUT2D eigenvalue weighted by atomic mass is 32.1. The average molecular weight is 620 g/mol. The number of carbonyl (C=O) groups excluding carboxylic acids is 3. The van der Waals surface area contributed by atoms with Crippen LogP contribution in [0.2, 0.25) is 0 Å². The lowest BCUT2D eigenvalue weighted by Gasteiger charge is -2.34. The number of likely N-dealkylation sites (tertiary alicyclic amines) is 1. The van der Waals surface area contributed by atoms with Gasteiger partial charge >= 0.3 is 12.3 Å². The molecular formula is C29H32F3N5O5S. The molecule has 3 atom stereocenters. The summed E-state index contributed by atoms with van der Waals surface area (Å²) in [7, 11) is 0. The van der Waals surface area contributed by atoms with Crippen LogP contribution in [0.3, 0.4) is 0 Å². The van der Waals surface area contributed by atoms with Crippen molar-refractivity contribution in [2.75, 3.05) is 19.7 Å². The summed E-state index contributed by atoms with van der Waals surface area (Å²) in [5.74, 6) is -0.960. The van der Waals surface area contributed by atoms with Gasteiger partial charge < -0.3 is 14.4 Å². The molecule has 43 heavy (non-hydrogen) atoms. The van der Waals surface area contributed by atoms with E-state index in [-0.39, 0.29) is 67.5 Å². The Hall–Kier alpha value is -3.52. The number of rotatable bonds is 5. The summed E-state index contributed by atoms with van der Waals surface area (Å²) in [6.45, 7) is 9.40. The molecule has 5 heterocycles. The molecule has 230 valence electrons. The molecule has 0 radical (unpaired) electrons. The number of thiophene rings is 1. The SMILES string of the molecule is CC(C)(C)OC(=O)N1CCOC(Cn2nc(-c3ccnc4cc(CN5C(=O)C6C(C5=O)C6(C)C)sc34)cc2C(F)(F)F)C1. The number of ether oxygens (including phenoxy) is 2. The molecule has 0 N–H and O–H groups in total. The van der Waals surface area contributed by atoms with Gasteiger partial charge in [0.25, 0.3) is 0 Å². The van der Waals surface area contributed by atoms with E-state index in [4.69, 9.17) is 9.47 Å². The number of alkyl halides is 3. The number of carbonyl (C=O) groups is 3. The molecule has 6 rings (SSSR count). The summed E-state index contributed by atoms with van der Waals surface area (Å²) in [6, 6.07) is 4.34. The fourth-order valence-electron chi connectivity index (χ4n) is 6.01. The molecule has 1 aliphatic carbocycles. The van der Waals surface area contributed by atoms with Crippen molar-refractivity contribution in [1.82, 2.24) is 24.6 Å². The van der Waals surface area contributed by atoms with E-state index in [9.17, 15) is 27.6 Å². The van der Waals surface area contributed by atoms with E-state index in [1.807, 2.05) is 13.8 Å².